The molecule has 0 heterocycles. The third-order valence-corrected chi connectivity index (χ3v) is 2.64. The van der Waals surface area contributed by atoms with E-state index in [1.807, 2.05) is 0 Å². The molecule has 0 bridgehead atoms. The van der Waals surface area contributed by atoms with E-state index < -0.39 is 0 Å². The summed E-state index contributed by atoms with van der Waals surface area (Å²) in [4.78, 5) is 2.47. The Kier molecular flexibility index (Phi) is 4.39. The average Bonchev–Trinajstić information content (AvgIpc) is 2.80. The van der Waals surface area contributed by atoms with Crippen LogP contribution < -0.4 is 5.32 Å². The van der Waals surface area contributed by atoms with Gasteiger partial charge in [0.05, 0.1) is 0 Å². The zero-order chi connectivity index (χ0) is 10.6. The highest BCUT2D eigenvalue weighted by molar-refractivity contribution is 4.76. The Labute approximate surface area is 89.1 Å². The van der Waals surface area contributed by atoms with Gasteiger partial charge in [-0.1, -0.05) is 0 Å². The van der Waals surface area contributed by atoms with Gasteiger partial charge < -0.3 is 10.2 Å². The molecule has 1 aliphatic rings. The molecule has 0 aromatic rings. The molecule has 1 fully saturated rings. The van der Waals surface area contributed by atoms with Gasteiger partial charge in [0, 0.05) is 12.1 Å². The molecule has 2 heteroatoms. The number of nitrogens with one attached hydrogen (secondary N) is 1. The van der Waals surface area contributed by atoms with Gasteiger partial charge in [0.25, 0.3) is 0 Å². The van der Waals surface area contributed by atoms with Crippen molar-refractivity contribution in [1.82, 2.24) is 10.2 Å². The van der Waals surface area contributed by atoms with Gasteiger partial charge in [0.2, 0.25) is 0 Å². The van der Waals surface area contributed by atoms with Crippen molar-refractivity contribution in [3.63, 3.8) is 0 Å². The molecular weight excluding hydrogens is 172 g/mol. The monoisotopic (exact) mass is 198 g/mol. The van der Waals surface area contributed by atoms with Gasteiger partial charge in [-0.15, -0.1) is 0 Å². The minimum Gasteiger partial charge on any atom is -0.312 e. The molecule has 0 aromatic heterocycles. The van der Waals surface area contributed by atoms with E-state index in [0.29, 0.717) is 0 Å². The van der Waals surface area contributed by atoms with Crippen molar-refractivity contribution in [3.8, 4) is 0 Å². The number of hydrogen-bond acceptors (Lipinski definition) is 2. The van der Waals surface area contributed by atoms with Gasteiger partial charge in [-0.3, -0.25) is 0 Å². The Balaban J connectivity index is 1.91. The van der Waals surface area contributed by atoms with Crippen LogP contribution in [-0.4, -0.2) is 37.1 Å². The van der Waals surface area contributed by atoms with Gasteiger partial charge >= 0.3 is 0 Å². The minimum atomic E-state index is 0.273. The molecule has 1 N–H and O–H groups in total. The van der Waals surface area contributed by atoms with Crippen molar-refractivity contribution >= 4 is 0 Å². The first-order chi connectivity index (χ1) is 6.47. The Morgan fingerprint density at radius 3 is 2.43 bits per heavy atom. The molecule has 0 amide bonds. The maximum atomic E-state index is 3.52. The summed E-state index contributed by atoms with van der Waals surface area (Å²) in [5.74, 6) is 1.02. The molecule has 0 saturated heterocycles. The lowest BCUT2D eigenvalue weighted by atomic mass is 10.1. The summed E-state index contributed by atoms with van der Waals surface area (Å²) in [6, 6.07) is 0. The third kappa shape index (κ3) is 6.39. The third-order valence-electron chi connectivity index (χ3n) is 2.64. The fourth-order valence-corrected chi connectivity index (χ4v) is 1.64. The van der Waals surface area contributed by atoms with Crippen molar-refractivity contribution in [2.75, 3.05) is 26.7 Å². The molecule has 0 radical (unpaired) electrons. The van der Waals surface area contributed by atoms with Crippen LogP contribution in [-0.2, 0) is 0 Å². The van der Waals surface area contributed by atoms with E-state index in [4.69, 9.17) is 0 Å². The van der Waals surface area contributed by atoms with Crippen LogP contribution in [0.25, 0.3) is 0 Å². The van der Waals surface area contributed by atoms with Crippen LogP contribution >= 0.6 is 0 Å². The summed E-state index contributed by atoms with van der Waals surface area (Å²) in [6.07, 6.45) is 4.19. The summed E-state index contributed by atoms with van der Waals surface area (Å²) in [7, 11) is 2.25. The fourth-order valence-electron chi connectivity index (χ4n) is 1.64. The van der Waals surface area contributed by atoms with Gasteiger partial charge in [0.15, 0.2) is 0 Å². The second kappa shape index (κ2) is 5.13. The van der Waals surface area contributed by atoms with Gasteiger partial charge in [-0.05, 0) is 66.1 Å². The second-order valence-corrected chi connectivity index (χ2v) is 5.74. The van der Waals surface area contributed by atoms with E-state index in [9.17, 15) is 0 Å². The van der Waals surface area contributed by atoms with Crippen LogP contribution in [0, 0.1) is 5.92 Å². The average molecular weight is 198 g/mol. The number of nitrogens with zero attached hydrogens (tertiary/aromatic N) is 1. The molecule has 0 aromatic carbocycles. The van der Waals surface area contributed by atoms with Crippen LogP contribution in [0.15, 0.2) is 0 Å². The Hall–Kier alpha value is -0.0800. The molecule has 1 aliphatic carbocycles. The summed E-state index contributed by atoms with van der Waals surface area (Å²) < 4.78 is 0. The maximum Gasteiger partial charge on any atom is 0.00965 e. The summed E-state index contributed by atoms with van der Waals surface area (Å²) in [6.45, 7) is 10.4. The molecule has 84 valence electrons. The molecule has 1 rings (SSSR count). The lowest BCUT2D eigenvalue weighted by Crippen LogP contribution is -2.37. The smallest absolute Gasteiger partial charge is 0.00965 e. The molecule has 0 unspecified atom stereocenters. The predicted molar refractivity (Wildman–Crippen MR) is 62.6 cm³/mol. The second-order valence-electron chi connectivity index (χ2n) is 5.74. The largest absolute Gasteiger partial charge is 0.312 e. The first-order valence-electron chi connectivity index (χ1n) is 5.91. The Bertz CT molecular complexity index is 156. The van der Waals surface area contributed by atoms with Crippen molar-refractivity contribution < 1.29 is 0 Å². The van der Waals surface area contributed by atoms with Crippen LogP contribution in [0.2, 0.25) is 0 Å². The first kappa shape index (κ1) is 12.0. The topological polar surface area (TPSA) is 15.3 Å². The van der Waals surface area contributed by atoms with E-state index in [2.05, 4.69) is 38.0 Å². The quantitative estimate of drug-likeness (QED) is 0.658. The van der Waals surface area contributed by atoms with Crippen LogP contribution in [0.5, 0.6) is 0 Å². The highest BCUT2D eigenvalue weighted by atomic mass is 15.1. The molecule has 0 aliphatic heterocycles. The number of hydrogen-bond donors (Lipinski definition) is 1. The van der Waals surface area contributed by atoms with Crippen molar-refractivity contribution in [1.29, 1.82) is 0 Å². The van der Waals surface area contributed by atoms with Crippen molar-refractivity contribution in [2.24, 2.45) is 5.92 Å². The first-order valence-corrected chi connectivity index (χ1v) is 5.91. The Morgan fingerprint density at radius 2 is 1.93 bits per heavy atom. The predicted octanol–water partition coefficient (Wildman–Crippen LogP) is 2.11. The molecule has 0 spiro atoms. The van der Waals surface area contributed by atoms with E-state index in [1.165, 1.54) is 32.4 Å². The summed E-state index contributed by atoms with van der Waals surface area (Å²) in [5, 5.41) is 3.52. The zero-order valence-corrected chi connectivity index (χ0v) is 10.3. The molecule has 0 atom stereocenters. The van der Waals surface area contributed by atoms with Crippen LogP contribution in [0.4, 0.5) is 0 Å². The highest BCUT2D eigenvalue weighted by Crippen LogP contribution is 2.29. The van der Waals surface area contributed by atoms with Crippen LogP contribution in [0.1, 0.15) is 40.0 Å². The van der Waals surface area contributed by atoms with Gasteiger partial charge in [0.1, 0.15) is 0 Å². The summed E-state index contributed by atoms with van der Waals surface area (Å²) >= 11 is 0. The lowest BCUT2D eigenvalue weighted by molar-refractivity contribution is 0.305. The lowest BCUT2D eigenvalue weighted by Gasteiger charge is -2.22. The molecular formula is C12H26N2. The molecule has 1 saturated carbocycles. The fraction of sp³-hybridized carbons (Fsp3) is 1.00. The minimum absolute atomic E-state index is 0.273. The van der Waals surface area contributed by atoms with E-state index in [1.54, 1.807) is 0 Å². The SMILES string of the molecule is CN(CCCNC(C)(C)C)CC1CC1. The van der Waals surface area contributed by atoms with Crippen molar-refractivity contribution in [2.45, 2.75) is 45.6 Å². The highest BCUT2D eigenvalue weighted by Gasteiger charge is 2.22. The normalized spacial score (nSPS) is 17.8. The standard InChI is InChI=1S/C12H26N2/c1-12(2,3)13-8-5-9-14(4)10-11-6-7-11/h11,13H,5-10H2,1-4H3. The molecule has 2 nitrogen and oxygen atoms in total. The van der Waals surface area contributed by atoms with E-state index in [-0.39, 0.29) is 5.54 Å². The van der Waals surface area contributed by atoms with Gasteiger partial charge in [-0.2, -0.15) is 0 Å². The number of rotatable bonds is 6. The zero-order valence-electron chi connectivity index (χ0n) is 10.3. The van der Waals surface area contributed by atoms with E-state index in [0.717, 1.165) is 12.5 Å². The Morgan fingerprint density at radius 1 is 1.29 bits per heavy atom. The van der Waals surface area contributed by atoms with Gasteiger partial charge in [-0.25, -0.2) is 0 Å². The van der Waals surface area contributed by atoms with Crippen molar-refractivity contribution in [3.05, 3.63) is 0 Å². The maximum absolute atomic E-state index is 3.52. The van der Waals surface area contributed by atoms with E-state index >= 15 is 0 Å². The summed E-state index contributed by atoms with van der Waals surface area (Å²) in [5.41, 5.74) is 0.273. The van der Waals surface area contributed by atoms with Crippen LogP contribution in [0.3, 0.4) is 0 Å². The molecule has 14 heavy (non-hydrogen) atoms.